The van der Waals surface area contributed by atoms with Crippen molar-refractivity contribution in [1.82, 2.24) is 0 Å². The molecule has 130 valence electrons. The summed E-state index contributed by atoms with van der Waals surface area (Å²) in [5.74, 6) is 5.63. The van der Waals surface area contributed by atoms with Crippen LogP contribution in [-0.4, -0.2) is 18.9 Å². The van der Waals surface area contributed by atoms with Gasteiger partial charge in [0.25, 0.3) is 8.32 Å². The minimum absolute atomic E-state index is 0.0311. The molecule has 0 aliphatic carbocycles. The molecule has 1 N–H and O–H groups in total. The van der Waals surface area contributed by atoms with Crippen molar-refractivity contribution < 1.29 is 9.59 Å². The Morgan fingerprint density at radius 2 is 1.48 bits per heavy atom. The van der Waals surface area contributed by atoms with Crippen LogP contribution in [0.1, 0.15) is 40.0 Å². The zero-order chi connectivity index (χ0) is 18.3. The predicted molar refractivity (Wildman–Crippen MR) is 106 cm³/mol. The van der Waals surface area contributed by atoms with Crippen LogP contribution in [0, 0.1) is 11.8 Å². The summed E-state index contributed by atoms with van der Waals surface area (Å²) in [6.07, 6.45) is 1.79. The third-order valence-corrected chi connectivity index (χ3v) is 9.33. The zero-order valence-electron chi connectivity index (χ0n) is 15.3. The Hall–Kier alpha value is -2.15. The Labute approximate surface area is 152 Å². The lowest BCUT2D eigenvalue weighted by Crippen LogP contribution is -2.65. The van der Waals surface area contributed by atoms with Crippen molar-refractivity contribution in [1.29, 1.82) is 0 Å². The quantitative estimate of drug-likeness (QED) is 0.493. The van der Waals surface area contributed by atoms with Gasteiger partial charge in [-0.3, -0.25) is 4.79 Å². The van der Waals surface area contributed by atoms with E-state index in [0.717, 1.165) is 16.8 Å². The summed E-state index contributed by atoms with van der Waals surface area (Å²) in [6.45, 7) is 6.04. The van der Waals surface area contributed by atoms with Gasteiger partial charge in [-0.15, -0.1) is 0 Å². The first-order valence-corrected chi connectivity index (χ1v) is 10.7. The highest BCUT2D eigenvalue weighted by Crippen LogP contribution is 2.39. The molecule has 25 heavy (non-hydrogen) atoms. The second-order valence-corrected chi connectivity index (χ2v) is 10.8. The number of carbonyl (C=O) groups is 1. The Balaban J connectivity index is 2.38. The molecule has 0 saturated heterocycles. The number of Topliss-reactive ketones (excluding diaryl/α,β-unsaturated/α-hetero) is 1. The van der Waals surface area contributed by atoms with Crippen LogP contribution < -0.4 is 10.4 Å². The molecule has 0 atom stereocenters. The van der Waals surface area contributed by atoms with Crippen molar-refractivity contribution in [2.24, 2.45) is 0 Å². The first-order chi connectivity index (χ1) is 11.9. The fourth-order valence-corrected chi connectivity index (χ4v) is 6.85. The van der Waals surface area contributed by atoms with E-state index in [1.165, 1.54) is 0 Å². The van der Waals surface area contributed by atoms with Gasteiger partial charge in [-0.25, -0.2) is 0 Å². The summed E-state index contributed by atoms with van der Waals surface area (Å²) in [6, 6.07) is 19.9. The number of rotatable bonds is 6. The van der Waals surface area contributed by atoms with E-state index >= 15 is 0 Å². The van der Waals surface area contributed by atoms with Crippen molar-refractivity contribution in [3.63, 3.8) is 0 Å². The van der Waals surface area contributed by atoms with Crippen molar-refractivity contribution in [3.05, 3.63) is 60.7 Å². The SMILES string of the molecule is CCC(=O)C#CCCC(C)(C)[Si](O)(c1ccccc1)c1ccccc1. The molecule has 0 saturated carbocycles. The third-order valence-electron chi connectivity index (χ3n) is 4.79. The number of hydrogen-bond acceptors (Lipinski definition) is 2. The van der Waals surface area contributed by atoms with E-state index < -0.39 is 8.32 Å². The van der Waals surface area contributed by atoms with Crippen LogP contribution in [0.25, 0.3) is 0 Å². The molecule has 3 heteroatoms. The van der Waals surface area contributed by atoms with E-state index in [4.69, 9.17) is 0 Å². The molecule has 2 aromatic rings. The van der Waals surface area contributed by atoms with Crippen LogP contribution in [0.15, 0.2) is 60.7 Å². The summed E-state index contributed by atoms with van der Waals surface area (Å²) in [4.78, 5) is 23.3. The number of carbonyl (C=O) groups excluding carboxylic acids is 1. The molecule has 0 radical (unpaired) electrons. The van der Waals surface area contributed by atoms with Crippen LogP contribution >= 0.6 is 0 Å². The van der Waals surface area contributed by atoms with Gasteiger partial charge in [-0.2, -0.15) is 0 Å². The summed E-state index contributed by atoms with van der Waals surface area (Å²) in [5.41, 5.74) is 0. The van der Waals surface area contributed by atoms with Gasteiger partial charge in [-0.05, 0) is 27.8 Å². The standard InChI is InChI=1S/C22H26O2Si/c1-4-19(23)13-11-12-18-22(2,3)25(24,20-14-7-5-8-15-20)21-16-9-6-10-17-21/h5-10,14-17,24H,4,12,18H2,1-3H3. The molecule has 0 amide bonds. The predicted octanol–water partition coefficient (Wildman–Crippen LogP) is 3.28. The number of ketones is 1. The maximum atomic E-state index is 12.0. The second kappa shape index (κ2) is 8.29. The average molecular weight is 351 g/mol. The lowest BCUT2D eigenvalue weighted by atomic mass is 10.1. The Morgan fingerprint density at radius 1 is 1.00 bits per heavy atom. The van der Waals surface area contributed by atoms with Crippen LogP contribution in [0.4, 0.5) is 0 Å². The lowest BCUT2D eigenvalue weighted by Gasteiger charge is -2.41. The Morgan fingerprint density at radius 3 is 1.92 bits per heavy atom. The topological polar surface area (TPSA) is 37.3 Å². The van der Waals surface area contributed by atoms with Gasteiger partial charge >= 0.3 is 0 Å². The molecule has 0 unspecified atom stereocenters. The minimum atomic E-state index is -2.97. The van der Waals surface area contributed by atoms with Crippen LogP contribution in [0.5, 0.6) is 0 Å². The van der Waals surface area contributed by atoms with Crippen molar-refractivity contribution in [2.45, 2.75) is 45.1 Å². The maximum Gasteiger partial charge on any atom is 0.258 e. The van der Waals surface area contributed by atoms with Gasteiger partial charge in [0.1, 0.15) is 0 Å². The molecular weight excluding hydrogens is 324 g/mol. The van der Waals surface area contributed by atoms with Gasteiger partial charge in [0.2, 0.25) is 5.78 Å². The van der Waals surface area contributed by atoms with E-state index in [9.17, 15) is 9.59 Å². The van der Waals surface area contributed by atoms with Crippen molar-refractivity contribution in [3.8, 4) is 11.8 Å². The van der Waals surface area contributed by atoms with Gasteiger partial charge in [-0.1, -0.05) is 87.4 Å². The van der Waals surface area contributed by atoms with Crippen LogP contribution in [0.2, 0.25) is 5.04 Å². The molecule has 2 rings (SSSR count). The summed E-state index contributed by atoms with van der Waals surface area (Å²) < 4.78 is 0. The molecule has 0 heterocycles. The normalized spacial score (nSPS) is 11.5. The molecule has 2 aromatic carbocycles. The summed E-state index contributed by atoms with van der Waals surface area (Å²) in [5, 5.41) is 1.69. The molecule has 0 aromatic heterocycles. The highest BCUT2D eigenvalue weighted by Gasteiger charge is 2.49. The zero-order valence-corrected chi connectivity index (χ0v) is 16.3. The second-order valence-electron chi connectivity index (χ2n) is 6.90. The average Bonchev–Trinajstić information content (AvgIpc) is 2.65. The molecule has 0 aliphatic rings. The highest BCUT2D eigenvalue weighted by molar-refractivity contribution is 6.98. The summed E-state index contributed by atoms with van der Waals surface area (Å²) >= 11 is 0. The largest absolute Gasteiger partial charge is 0.424 e. The van der Waals surface area contributed by atoms with Gasteiger partial charge in [0.05, 0.1) is 0 Å². The monoisotopic (exact) mass is 350 g/mol. The smallest absolute Gasteiger partial charge is 0.258 e. The van der Waals surface area contributed by atoms with E-state index in [2.05, 4.69) is 25.7 Å². The fourth-order valence-electron chi connectivity index (χ4n) is 3.11. The minimum Gasteiger partial charge on any atom is -0.424 e. The number of hydrogen-bond donors (Lipinski definition) is 1. The van der Waals surface area contributed by atoms with E-state index in [0.29, 0.717) is 12.8 Å². The summed E-state index contributed by atoms with van der Waals surface area (Å²) in [7, 11) is -2.97. The first-order valence-electron chi connectivity index (χ1n) is 8.77. The molecule has 0 bridgehead atoms. The first kappa shape index (κ1) is 19.2. The fraction of sp³-hybridized carbons (Fsp3) is 0.318. The van der Waals surface area contributed by atoms with E-state index in [1.54, 1.807) is 0 Å². The Kier molecular flexibility index (Phi) is 6.36. The molecule has 0 spiro atoms. The molecule has 0 aliphatic heterocycles. The van der Waals surface area contributed by atoms with Gasteiger partial charge < -0.3 is 4.80 Å². The molecule has 2 nitrogen and oxygen atoms in total. The van der Waals surface area contributed by atoms with Crippen LogP contribution in [0.3, 0.4) is 0 Å². The highest BCUT2D eigenvalue weighted by atomic mass is 28.4. The Bertz CT molecular complexity index is 715. The third kappa shape index (κ3) is 4.28. The van der Waals surface area contributed by atoms with Gasteiger partial charge in [0.15, 0.2) is 0 Å². The molecular formula is C22H26O2Si. The maximum absolute atomic E-state index is 12.0. The van der Waals surface area contributed by atoms with Gasteiger partial charge in [0, 0.05) is 12.8 Å². The van der Waals surface area contributed by atoms with Crippen molar-refractivity contribution in [2.75, 3.05) is 0 Å². The van der Waals surface area contributed by atoms with E-state index in [1.807, 2.05) is 67.6 Å². The lowest BCUT2D eigenvalue weighted by molar-refractivity contribution is -0.113. The van der Waals surface area contributed by atoms with Crippen molar-refractivity contribution >= 4 is 24.5 Å². The molecule has 0 fully saturated rings. The van der Waals surface area contributed by atoms with Crippen LogP contribution in [-0.2, 0) is 4.79 Å². The van der Waals surface area contributed by atoms with E-state index in [-0.39, 0.29) is 10.8 Å². The number of benzene rings is 2.